The molecule has 0 aliphatic carbocycles. The molecule has 4 nitrogen and oxygen atoms in total. The van der Waals surface area contributed by atoms with Gasteiger partial charge in [0.05, 0.1) is 11.9 Å². The third kappa shape index (κ3) is 10.0. The van der Waals surface area contributed by atoms with Crippen LogP contribution >= 0.6 is 0 Å². The molecule has 0 aromatic rings. The molecule has 0 bridgehead atoms. The van der Waals surface area contributed by atoms with Crippen LogP contribution in [0.3, 0.4) is 0 Å². The fourth-order valence-corrected chi connectivity index (χ4v) is 1.61. The Morgan fingerprint density at radius 3 is 1.44 bits per heavy atom. The SMILES string of the molecule is [CH2-]OC(C)(C)C(C)(C)OS(C)(=O)=O.[Y].[Y].[Y]. The minimum Gasteiger partial charge on any atom is -0.549 e. The van der Waals surface area contributed by atoms with Crippen LogP contribution in [0.5, 0.6) is 0 Å². The molecule has 0 aliphatic heterocycles. The normalized spacial score (nSPS) is 11.9. The molecule has 0 aromatic carbocycles. The van der Waals surface area contributed by atoms with Crippen molar-refractivity contribution in [1.82, 2.24) is 0 Å². The Kier molecular flexibility index (Phi) is 17.2. The summed E-state index contributed by atoms with van der Waals surface area (Å²) in [4.78, 5) is 0. The molecule has 8 heteroatoms. The fourth-order valence-electron chi connectivity index (χ4n) is 0.653. The molecule has 0 amide bonds. The van der Waals surface area contributed by atoms with Gasteiger partial charge in [-0.25, -0.2) is 7.11 Å². The van der Waals surface area contributed by atoms with Crippen LogP contribution in [-0.4, -0.2) is 25.9 Å². The average molecular weight is 476 g/mol. The summed E-state index contributed by atoms with van der Waals surface area (Å²) in [7, 11) is -0.204. The maximum atomic E-state index is 10.9. The second kappa shape index (κ2) is 9.99. The Bertz CT molecular complexity index is 275. The zero-order valence-corrected chi connectivity index (χ0v) is 19.8. The predicted molar refractivity (Wildman–Crippen MR) is 50.5 cm³/mol. The second-order valence-corrected chi connectivity index (χ2v) is 5.53. The van der Waals surface area contributed by atoms with Gasteiger partial charge in [-0.2, -0.15) is 8.42 Å². The molecule has 89 valence electrons. The van der Waals surface area contributed by atoms with Gasteiger partial charge in [0.15, 0.2) is 0 Å². The zero-order valence-electron chi connectivity index (χ0n) is 10.5. The van der Waals surface area contributed by atoms with Gasteiger partial charge in [-0.05, 0) is 27.7 Å². The molecule has 0 fully saturated rings. The largest absolute Gasteiger partial charge is 0.549 e. The molecule has 0 rings (SSSR count). The standard InChI is InChI=1S/C8H17O4S.3Y/c1-7(2,11-5)8(3,4)12-13(6,9)10;;;/h5H2,1-4,6H3;;;/q-1;;;. The first kappa shape index (κ1) is 27.5. The maximum absolute atomic E-state index is 10.9. The van der Waals surface area contributed by atoms with E-state index >= 15 is 0 Å². The van der Waals surface area contributed by atoms with Crippen molar-refractivity contribution in [1.29, 1.82) is 0 Å². The number of hydrogen-bond donors (Lipinski definition) is 0. The van der Waals surface area contributed by atoms with Crippen molar-refractivity contribution in [3.8, 4) is 0 Å². The topological polar surface area (TPSA) is 52.6 Å². The van der Waals surface area contributed by atoms with E-state index in [4.69, 9.17) is 8.92 Å². The molecule has 0 spiro atoms. The molecule has 16 heavy (non-hydrogen) atoms. The fraction of sp³-hybridized carbons (Fsp3) is 0.875. The van der Waals surface area contributed by atoms with Crippen LogP contribution in [0.25, 0.3) is 0 Å². The predicted octanol–water partition coefficient (Wildman–Crippen LogP) is 1.32. The van der Waals surface area contributed by atoms with E-state index in [9.17, 15) is 8.42 Å². The van der Waals surface area contributed by atoms with Crippen molar-refractivity contribution in [2.45, 2.75) is 38.9 Å². The van der Waals surface area contributed by atoms with Gasteiger partial charge >= 0.3 is 0 Å². The molecule has 0 aliphatic rings. The first-order chi connectivity index (χ1) is 5.52. The molecule has 0 aromatic heterocycles. The van der Waals surface area contributed by atoms with Crippen LogP contribution < -0.4 is 0 Å². The summed E-state index contributed by atoms with van der Waals surface area (Å²) >= 11 is 0. The second-order valence-electron chi connectivity index (χ2n) is 3.95. The Morgan fingerprint density at radius 2 is 1.25 bits per heavy atom. The summed E-state index contributed by atoms with van der Waals surface area (Å²) in [6.07, 6.45) is 1.01. The van der Waals surface area contributed by atoms with Crippen molar-refractivity contribution >= 4 is 10.1 Å². The third-order valence-electron chi connectivity index (χ3n) is 2.17. The van der Waals surface area contributed by atoms with Crippen LogP contribution in [0.2, 0.25) is 0 Å². The smallest absolute Gasteiger partial charge is 0.265 e. The van der Waals surface area contributed by atoms with Crippen molar-refractivity contribution in [2.24, 2.45) is 0 Å². The number of hydrogen-bond acceptors (Lipinski definition) is 4. The first-order valence-electron chi connectivity index (χ1n) is 3.86. The summed E-state index contributed by atoms with van der Waals surface area (Å²) < 4.78 is 31.6. The molecule has 0 heterocycles. The molecule has 0 saturated heterocycles. The van der Waals surface area contributed by atoms with E-state index in [1.165, 1.54) is 0 Å². The van der Waals surface area contributed by atoms with Crippen molar-refractivity contribution in [3.63, 3.8) is 0 Å². The summed E-state index contributed by atoms with van der Waals surface area (Å²) in [5.41, 5.74) is -1.71. The van der Waals surface area contributed by atoms with Crippen LogP contribution in [0.1, 0.15) is 27.7 Å². The van der Waals surface area contributed by atoms with Gasteiger partial charge in [0.2, 0.25) is 0 Å². The zero-order chi connectivity index (χ0) is 10.9. The van der Waals surface area contributed by atoms with Crippen LogP contribution in [0, 0.1) is 7.11 Å². The molecule has 3 radical (unpaired) electrons. The molecular formula is C8H17O4SY3-. The molecule has 0 atom stereocenters. The van der Waals surface area contributed by atoms with E-state index < -0.39 is 21.3 Å². The van der Waals surface area contributed by atoms with Gasteiger partial charge < -0.3 is 4.74 Å². The Labute approximate surface area is 175 Å². The summed E-state index contributed by atoms with van der Waals surface area (Å²) in [6, 6.07) is 0. The van der Waals surface area contributed by atoms with Crippen LogP contribution in [0.15, 0.2) is 0 Å². The minimum atomic E-state index is -3.48. The Hall–Kier alpha value is 3.18. The summed E-state index contributed by atoms with van der Waals surface area (Å²) in [6.45, 7) is 6.70. The van der Waals surface area contributed by atoms with E-state index in [0.717, 1.165) is 6.26 Å². The van der Waals surface area contributed by atoms with Gasteiger partial charge in [-0.15, -0.1) is 0 Å². The average Bonchev–Trinajstić information content (AvgIpc) is 1.81. The minimum absolute atomic E-state index is 0. The maximum Gasteiger partial charge on any atom is 0.265 e. The van der Waals surface area contributed by atoms with Crippen molar-refractivity contribution in [3.05, 3.63) is 7.11 Å². The van der Waals surface area contributed by atoms with E-state index in [1.54, 1.807) is 27.7 Å². The molecule has 0 unspecified atom stereocenters. The van der Waals surface area contributed by atoms with Gasteiger partial charge in [-0.3, -0.25) is 4.18 Å². The van der Waals surface area contributed by atoms with Crippen molar-refractivity contribution in [2.75, 3.05) is 6.26 Å². The van der Waals surface area contributed by atoms with E-state index in [1.807, 2.05) is 0 Å². The molecule has 0 N–H and O–H groups in total. The van der Waals surface area contributed by atoms with Crippen molar-refractivity contribution < 1.29 is 115 Å². The monoisotopic (exact) mass is 476 g/mol. The van der Waals surface area contributed by atoms with E-state index in [2.05, 4.69) is 7.11 Å². The first-order valence-corrected chi connectivity index (χ1v) is 5.67. The van der Waals surface area contributed by atoms with Crippen LogP contribution in [-0.2, 0) is 117 Å². The van der Waals surface area contributed by atoms with E-state index in [-0.39, 0.29) is 98.1 Å². The van der Waals surface area contributed by atoms with Gasteiger partial charge in [0.25, 0.3) is 10.1 Å². The van der Waals surface area contributed by atoms with Gasteiger partial charge in [0.1, 0.15) is 5.60 Å². The number of ether oxygens (including phenoxy) is 1. The summed E-state index contributed by atoms with van der Waals surface area (Å²) in [5.74, 6) is 0. The quantitative estimate of drug-likeness (QED) is 0.454. The van der Waals surface area contributed by atoms with Gasteiger partial charge in [-0.1, -0.05) is 0 Å². The molecular weight excluding hydrogens is 459 g/mol. The Morgan fingerprint density at radius 1 is 0.938 bits per heavy atom. The van der Waals surface area contributed by atoms with E-state index in [0.29, 0.717) is 0 Å². The molecule has 0 saturated carbocycles. The third-order valence-corrected chi connectivity index (χ3v) is 2.89. The van der Waals surface area contributed by atoms with Gasteiger partial charge in [0, 0.05) is 98.1 Å². The van der Waals surface area contributed by atoms with Crippen LogP contribution in [0.4, 0.5) is 0 Å². The summed E-state index contributed by atoms with van der Waals surface area (Å²) in [5, 5.41) is 0. The Balaban J connectivity index is -0.000000240. The number of rotatable bonds is 4.